The van der Waals surface area contributed by atoms with Gasteiger partial charge in [0.25, 0.3) is 0 Å². The molecule has 0 saturated heterocycles. The SMILES string of the molecule is C/N=C1\C=CC2C(=C1)Oc1cc(N(C)C)ccc1C2c1ccccc1C(=O)OC. The summed E-state index contributed by atoms with van der Waals surface area (Å²) in [7, 11) is 7.18. The average Bonchev–Trinajstić information content (AvgIpc) is 2.76. The molecule has 4 rings (SSSR count). The second-order valence-electron chi connectivity index (χ2n) is 7.36. The van der Waals surface area contributed by atoms with Crippen LogP contribution in [0.2, 0.25) is 0 Å². The third-order valence-electron chi connectivity index (χ3n) is 5.49. The molecular weight excluding hydrogens is 364 g/mol. The molecule has 0 fully saturated rings. The van der Waals surface area contributed by atoms with Gasteiger partial charge in [-0.15, -0.1) is 0 Å². The van der Waals surface area contributed by atoms with Crippen molar-refractivity contribution in [3.8, 4) is 5.75 Å². The quantitative estimate of drug-likeness (QED) is 0.740. The van der Waals surface area contributed by atoms with E-state index in [0.717, 1.165) is 34.0 Å². The summed E-state index contributed by atoms with van der Waals surface area (Å²) in [5, 5.41) is 0. The molecule has 0 bridgehead atoms. The summed E-state index contributed by atoms with van der Waals surface area (Å²) in [5.74, 6) is 1.21. The van der Waals surface area contributed by atoms with Gasteiger partial charge in [-0.1, -0.05) is 30.3 Å². The van der Waals surface area contributed by atoms with E-state index in [0.29, 0.717) is 5.56 Å². The summed E-state index contributed by atoms with van der Waals surface area (Å²) in [5.41, 5.74) is 4.48. The monoisotopic (exact) mass is 388 g/mol. The van der Waals surface area contributed by atoms with Gasteiger partial charge >= 0.3 is 5.97 Å². The number of benzene rings is 2. The lowest BCUT2D eigenvalue weighted by Crippen LogP contribution is -2.28. The minimum Gasteiger partial charge on any atom is -0.465 e. The Kier molecular flexibility index (Phi) is 4.97. The zero-order valence-corrected chi connectivity index (χ0v) is 17.0. The number of anilines is 1. The first-order valence-corrected chi connectivity index (χ1v) is 9.56. The van der Waals surface area contributed by atoms with Gasteiger partial charge in [0.15, 0.2) is 0 Å². The van der Waals surface area contributed by atoms with Crippen molar-refractivity contribution in [3.63, 3.8) is 0 Å². The minimum absolute atomic E-state index is 0.0241. The fraction of sp³-hybridized carbons (Fsp3) is 0.250. The molecule has 1 heterocycles. The maximum absolute atomic E-state index is 12.5. The van der Waals surface area contributed by atoms with E-state index in [-0.39, 0.29) is 17.8 Å². The van der Waals surface area contributed by atoms with E-state index in [2.05, 4.69) is 23.2 Å². The van der Waals surface area contributed by atoms with Gasteiger partial charge in [0, 0.05) is 56.4 Å². The number of carbonyl (C=O) groups excluding carboxylic acids is 1. The van der Waals surface area contributed by atoms with Gasteiger partial charge in [-0.05, 0) is 23.8 Å². The molecule has 0 spiro atoms. The standard InChI is InChI=1S/C24H24N2O3/c1-25-15-9-11-19-21(13-15)29-22-14-16(26(2)3)10-12-20(22)23(19)17-7-5-6-8-18(17)24(27)28-4/h5-14,19,23H,1-4H3/b25-15+. The maximum atomic E-state index is 12.5. The summed E-state index contributed by atoms with van der Waals surface area (Å²) in [4.78, 5) is 18.8. The zero-order valence-electron chi connectivity index (χ0n) is 17.0. The van der Waals surface area contributed by atoms with Crippen LogP contribution in [0, 0.1) is 5.92 Å². The molecule has 2 aliphatic rings. The van der Waals surface area contributed by atoms with Crippen LogP contribution in [0.4, 0.5) is 5.69 Å². The predicted octanol–water partition coefficient (Wildman–Crippen LogP) is 4.20. The van der Waals surface area contributed by atoms with Crippen LogP contribution >= 0.6 is 0 Å². The summed E-state index contributed by atoms with van der Waals surface area (Å²) in [6, 6.07) is 13.9. The largest absolute Gasteiger partial charge is 0.465 e. The van der Waals surface area contributed by atoms with Gasteiger partial charge in [0.05, 0.1) is 18.4 Å². The highest BCUT2D eigenvalue weighted by Crippen LogP contribution is 2.48. The van der Waals surface area contributed by atoms with Gasteiger partial charge in [0.1, 0.15) is 11.5 Å². The molecule has 0 saturated carbocycles. The number of esters is 1. The average molecular weight is 388 g/mol. The second kappa shape index (κ2) is 7.59. The first-order valence-electron chi connectivity index (χ1n) is 9.56. The third kappa shape index (κ3) is 3.33. The Bertz CT molecular complexity index is 1050. The van der Waals surface area contributed by atoms with Crippen LogP contribution in [0.1, 0.15) is 27.4 Å². The minimum atomic E-state index is -0.334. The van der Waals surface area contributed by atoms with E-state index in [1.807, 2.05) is 61.5 Å². The lowest BCUT2D eigenvalue weighted by atomic mass is 9.74. The molecule has 2 atom stereocenters. The molecule has 0 amide bonds. The first kappa shape index (κ1) is 19.0. The number of hydrogen-bond acceptors (Lipinski definition) is 5. The number of fused-ring (bicyclic) bond motifs is 2. The number of nitrogens with zero attached hydrogens (tertiary/aromatic N) is 2. The summed E-state index contributed by atoms with van der Waals surface area (Å²) < 4.78 is 11.4. The van der Waals surface area contributed by atoms with Crippen molar-refractivity contribution in [2.75, 3.05) is 33.2 Å². The summed E-state index contributed by atoms with van der Waals surface area (Å²) in [6.07, 6.45) is 6.09. The molecule has 5 nitrogen and oxygen atoms in total. The highest BCUT2D eigenvalue weighted by Gasteiger charge is 2.38. The molecule has 148 valence electrons. The van der Waals surface area contributed by atoms with E-state index in [4.69, 9.17) is 9.47 Å². The number of methoxy groups -OCH3 is 1. The van der Waals surface area contributed by atoms with Crippen molar-refractivity contribution in [1.82, 2.24) is 0 Å². The molecule has 2 unspecified atom stereocenters. The van der Waals surface area contributed by atoms with Crippen molar-refractivity contribution < 1.29 is 14.3 Å². The Morgan fingerprint density at radius 3 is 2.66 bits per heavy atom. The number of hydrogen-bond donors (Lipinski definition) is 0. The van der Waals surface area contributed by atoms with E-state index in [1.165, 1.54) is 7.11 Å². The number of carbonyl (C=O) groups is 1. The van der Waals surface area contributed by atoms with Crippen LogP contribution in [0.15, 0.2) is 71.4 Å². The number of ether oxygens (including phenoxy) is 2. The summed E-state index contributed by atoms with van der Waals surface area (Å²) >= 11 is 0. The molecule has 1 aliphatic heterocycles. The molecule has 5 heteroatoms. The molecule has 2 aromatic carbocycles. The Hall–Kier alpha value is -3.34. The number of aliphatic imine (C=N–C) groups is 1. The fourth-order valence-corrected chi connectivity index (χ4v) is 3.99. The van der Waals surface area contributed by atoms with Crippen LogP contribution in [0.25, 0.3) is 0 Å². The van der Waals surface area contributed by atoms with Gasteiger partial charge in [-0.25, -0.2) is 4.79 Å². The Morgan fingerprint density at radius 1 is 1.14 bits per heavy atom. The first-order chi connectivity index (χ1) is 14.0. The molecule has 0 N–H and O–H groups in total. The van der Waals surface area contributed by atoms with Crippen LogP contribution in [-0.4, -0.2) is 39.9 Å². The lowest BCUT2D eigenvalue weighted by molar-refractivity contribution is 0.0598. The van der Waals surface area contributed by atoms with Crippen molar-refractivity contribution in [1.29, 1.82) is 0 Å². The van der Waals surface area contributed by atoms with Crippen LogP contribution in [0.5, 0.6) is 5.75 Å². The highest BCUT2D eigenvalue weighted by atomic mass is 16.5. The predicted molar refractivity (Wildman–Crippen MR) is 115 cm³/mol. The Morgan fingerprint density at radius 2 is 1.93 bits per heavy atom. The van der Waals surface area contributed by atoms with E-state index < -0.39 is 0 Å². The molecule has 0 aromatic heterocycles. The van der Waals surface area contributed by atoms with Gasteiger partial charge in [0.2, 0.25) is 0 Å². The number of rotatable bonds is 3. The molecule has 1 aliphatic carbocycles. The smallest absolute Gasteiger partial charge is 0.338 e. The molecule has 2 aromatic rings. The fourth-order valence-electron chi connectivity index (χ4n) is 3.99. The van der Waals surface area contributed by atoms with Crippen molar-refractivity contribution >= 4 is 17.4 Å². The molecule has 29 heavy (non-hydrogen) atoms. The van der Waals surface area contributed by atoms with Crippen molar-refractivity contribution in [3.05, 3.63) is 83.1 Å². The Labute approximate surface area is 171 Å². The maximum Gasteiger partial charge on any atom is 0.338 e. The van der Waals surface area contributed by atoms with Gasteiger partial charge < -0.3 is 14.4 Å². The lowest BCUT2D eigenvalue weighted by Gasteiger charge is -2.36. The van der Waals surface area contributed by atoms with Crippen LogP contribution < -0.4 is 9.64 Å². The molecular formula is C24H24N2O3. The normalized spacial score (nSPS) is 21.0. The van der Waals surface area contributed by atoms with E-state index in [1.54, 1.807) is 7.05 Å². The molecule has 0 radical (unpaired) electrons. The third-order valence-corrected chi connectivity index (χ3v) is 5.49. The highest BCUT2D eigenvalue weighted by molar-refractivity contribution is 6.05. The van der Waals surface area contributed by atoms with Gasteiger partial charge in [-0.2, -0.15) is 0 Å². The summed E-state index contributed by atoms with van der Waals surface area (Å²) in [6.45, 7) is 0. The van der Waals surface area contributed by atoms with Gasteiger partial charge in [-0.3, -0.25) is 4.99 Å². The van der Waals surface area contributed by atoms with Crippen LogP contribution in [0.3, 0.4) is 0 Å². The van der Waals surface area contributed by atoms with Crippen molar-refractivity contribution in [2.24, 2.45) is 10.9 Å². The van der Waals surface area contributed by atoms with Crippen molar-refractivity contribution in [2.45, 2.75) is 5.92 Å². The van der Waals surface area contributed by atoms with E-state index in [9.17, 15) is 4.79 Å². The van der Waals surface area contributed by atoms with Crippen LogP contribution in [-0.2, 0) is 4.74 Å². The second-order valence-corrected chi connectivity index (χ2v) is 7.36. The van der Waals surface area contributed by atoms with E-state index >= 15 is 0 Å². The topological polar surface area (TPSA) is 51.1 Å². The zero-order chi connectivity index (χ0) is 20.5. The Balaban J connectivity index is 1.93. The number of allylic oxidation sites excluding steroid dienone is 3.